The lowest BCUT2D eigenvalue weighted by Gasteiger charge is -2.10. The van der Waals surface area contributed by atoms with E-state index in [0.29, 0.717) is 5.56 Å². The molecular formula is C13H15N3O. The summed E-state index contributed by atoms with van der Waals surface area (Å²) in [6.45, 7) is 6.15. The summed E-state index contributed by atoms with van der Waals surface area (Å²) in [4.78, 5) is 0. The van der Waals surface area contributed by atoms with Crippen molar-refractivity contribution in [2.75, 3.05) is 7.11 Å². The number of nitriles is 1. The van der Waals surface area contributed by atoms with Gasteiger partial charge in [-0.25, -0.2) is 4.52 Å². The summed E-state index contributed by atoms with van der Waals surface area (Å²) < 4.78 is 7.08. The monoisotopic (exact) mass is 229 g/mol. The molecular weight excluding hydrogens is 214 g/mol. The predicted molar refractivity (Wildman–Crippen MR) is 65.3 cm³/mol. The van der Waals surface area contributed by atoms with Crippen LogP contribution in [0.2, 0.25) is 0 Å². The van der Waals surface area contributed by atoms with Crippen LogP contribution in [0.4, 0.5) is 0 Å². The highest BCUT2D eigenvalue weighted by molar-refractivity contribution is 5.69. The zero-order valence-electron chi connectivity index (χ0n) is 10.5. The van der Waals surface area contributed by atoms with Crippen LogP contribution in [0.1, 0.15) is 36.5 Å². The lowest BCUT2D eigenvalue weighted by Crippen LogP contribution is -2.01. The molecule has 2 rings (SSSR count). The van der Waals surface area contributed by atoms with Gasteiger partial charge in [-0.15, -0.1) is 0 Å². The number of nitrogens with zero attached hydrogens (tertiary/aromatic N) is 3. The molecule has 0 radical (unpaired) electrons. The molecule has 4 nitrogen and oxygen atoms in total. The molecule has 4 heteroatoms. The Hall–Kier alpha value is -2.02. The van der Waals surface area contributed by atoms with E-state index in [1.165, 1.54) is 0 Å². The van der Waals surface area contributed by atoms with Gasteiger partial charge in [0.15, 0.2) is 0 Å². The lowest BCUT2D eigenvalue weighted by molar-refractivity contribution is 0.412. The highest BCUT2D eigenvalue weighted by Gasteiger charge is 2.17. The molecule has 0 aliphatic rings. The number of ether oxygens (including phenoxy) is 1. The lowest BCUT2D eigenvalue weighted by atomic mass is 9.97. The molecule has 0 fully saturated rings. The van der Waals surface area contributed by atoms with Crippen LogP contribution in [-0.2, 0) is 0 Å². The first kappa shape index (κ1) is 11.5. The van der Waals surface area contributed by atoms with E-state index in [0.717, 1.165) is 22.4 Å². The van der Waals surface area contributed by atoms with Crippen LogP contribution in [0.3, 0.4) is 0 Å². The molecule has 0 saturated carbocycles. The molecule has 17 heavy (non-hydrogen) atoms. The van der Waals surface area contributed by atoms with Gasteiger partial charge < -0.3 is 4.74 Å². The molecule has 0 amide bonds. The van der Waals surface area contributed by atoms with Crippen molar-refractivity contribution in [3.63, 3.8) is 0 Å². The van der Waals surface area contributed by atoms with Gasteiger partial charge in [0, 0.05) is 11.1 Å². The molecule has 0 saturated heterocycles. The topological polar surface area (TPSA) is 50.3 Å². The van der Waals surface area contributed by atoms with Gasteiger partial charge in [0.05, 0.1) is 30.6 Å². The van der Waals surface area contributed by atoms with E-state index in [9.17, 15) is 0 Å². The Bertz CT molecular complexity index is 605. The summed E-state index contributed by atoms with van der Waals surface area (Å²) in [5.74, 6) is 1.07. The number of methoxy groups -OCH3 is 1. The summed E-state index contributed by atoms with van der Waals surface area (Å²) >= 11 is 0. The Labute approximate surface area is 100 Å². The highest BCUT2D eigenvalue weighted by Crippen LogP contribution is 2.31. The van der Waals surface area contributed by atoms with Crippen molar-refractivity contribution in [3.05, 3.63) is 29.1 Å². The standard InChI is InChI=1S/C13H15N3O/c1-8(2)12-10(5-14)6-15-16-7-11(17-4)9(3)13(12)16/h6-8H,1-4H3. The average Bonchev–Trinajstić information content (AvgIpc) is 2.64. The van der Waals surface area contributed by atoms with Crippen LogP contribution in [0.25, 0.3) is 5.52 Å². The largest absolute Gasteiger partial charge is 0.495 e. The van der Waals surface area contributed by atoms with Gasteiger partial charge in [-0.05, 0) is 12.8 Å². The fraction of sp³-hybridized carbons (Fsp3) is 0.385. The number of aromatic nitrogens is 2. The second-order valence-corrected chi connectivity index (χ2v) is 4.35. The Morgan fingerprint density at radius 1 is 1.47 bits per heavy atom. The number of hydrogen-bond acceptors (Lipinski definition) is 3. The first-order valence-corrected chi connectivity index (χ1v) is 5.55. The molecule has 0 aliphatic carbocycles. The smallest absolute Gasteiger partial charge is 0.142 e. The molecule has 0 aromatic carbocycles. The molecule has 0 atom stereocenters. The number of aryl methyl sites for hydroxylation is 1. The third-order valence-electron chi connectivity index (χ3n) is 2.97. The van der Waals surface area contributed by atoms with Crippen LogP contribution >= 0.6 is 0 Å². The molecule has 0 spiro atoms. The van der Waals surface area contributed by atoms with Gasteiger partial charge in [-0.1, -0.05) is 13.8 Å². The zero-order valence-corrected chi connectivity index (χ0v) is 10.5. The summed E-state index contributed by atoms with van der Waals surface area (Å²) in [7, 11) is 1.64. The van der Waals surface area contributed by atoms with E-state index in [1.54, 1.807) is 17.8 Å². The fourth-order valence-electron chi connectivity index (χ4n) is 2.17. The fourth-order valence-corrected chi connectivity index (χ4v) is 2.17. The minimum atomic E-state index is 0.272. The maximum absolute atomic E-state index is 9.15. The van der Waals surface area contributed by atoms with Crippen LogP contribution in [-0.4, -0.2) is 16.7 Å². The Morgan fingerprint density at radius 2 is 2.18 bits per heavy atom. The summed E-state index contributed by atoms with van der Waals surface area (Å²) in [6, 6.07) is 2.21. The Kier molecular flexibility index (Phi) is 2.76. The quantitative estimate of drug-likeness (QED) is 0.795. The van der Waals surface area contributed by atoms with Crippen molar-refractivity contribution in [1.82, 2.24) is 9.61 Å². The third-order valence-corrected chi connectivity index (χ3v) is 2.97. The van der Waals surface area contributed by atoms with E-state index < -0.39 is 0 Å². The van der Waals surface area contributed by atoms with Crippen molar-refractivity contribution < 1.29 is 4.74 Å². The molecule has 2 heterocycles. The minimum absolute atomic E-state index is 0.272. The first-order chi connectivity index (χ1) is 8.10. The van der Waals surface area contributed by atoms with Crippen LogP contribution < -0.4 is 4.74 Å². The number of hydrogen-bond donors (Lipinski definition) is 0. The van der Waals surface area contributed by atoms with E-state index in [4.69, 9.17) is 10.00 Å². The Morgan fingerprint density at radius 3 is 2.71 bits per heavy atom. The molecule has 0 N–H and O–H groups in total. The molecule has 0 aliphatic heterocycles. The van der Waals surface area contributed by atoms with Crippen molar-refractivity contribution in [2.24, 2.45) is 0 Å². The Balaban J connectivity index is 2.89. The zero-order chi connectivity index (χ0) is 12.6. The van der Waals surface area contributed by atoms with Crippen LogP contribution in [0.5, 0.6) is 5.75 Å². The average molecular weight is 229 g/mol. The van der Waals surface area contributed by atoms with Gasteiger partial charge in [-0.3, -0.25) is 0 Å². The van der Waals surface area contributed by atoms with Gasteiger partial charge in [0.2, 0.25) is 0 Å². The van der Waals surface area contributed by atoms with E-state index in [2.05, 4.69) is 25.0 Å². The molecule has 0 bridgehead atoms. The first-order valence-electron chi connectivity index (χ1n) is 5.55. The molecule has 0 unspecified atom stereocenters. The third kappa shape index (κ3) is 1.64. The predicted octanol–water partition coefficient (Wildman–Crippen LogP) is 2.65. The van der Waals surface area contributed by atoms with Gasteiger partial charge >= 0.3 is 0 Å². The molecule has 88 valence electrons. The maximum atomic E-state index is 9.15. The van der Waals surface area contributed by atoms with Crippen molar-refractivity contribution in [1.29, 1.82) is 5.26 Å². The second kappa shape index (κ2) is 4.10. The van der Waals surface area contributed by atoms with Gasteiger partial charge in [0.1, 0.15) is 11.8 Å². The minimum Gasteiger partial charge on any atom is -0.495 e. The second-order valence-electron chi connectivity index (χ2n) is 4.35. The van der Waals surface area contributed by atoms with Crippen molar-refractivity contribution >= 4 is 5.52 Å². The number of fused-ring (bicyclic) bond motifs is 1. The van der Waals surface area contributed by atoms with Crippen LogP contribution in [0, 0.1) is 18.3 Å². The summed E-state index contributed by atoms with van der Waals surface area (Å²) in [6.07, 6.45) is 3.46. The van der Waals surface area contributed by atoms with E-state index in [-0.39, 0.29) is 5.92 Å². The van der Waals surface area contributed by atoms with Gasteiger partial charge in [-0.2, -0.15) is 10.4 Å². The highest BCUT2D eigenvalue weighted by atomic mass is 16.5. The normalized spacial score (nSPS) is 10.8. The van der Waals surface area contributed by atoms with Crippen LogP contribution in [0.15, 0.2) is 12.4 Å². The van der Waals surface area contributed by atoms with Gasteiger partial charge in [0.25, 0.3) is 0 Å². The van der Waals surface area contributed by atoms with E-state index in [1.807, 2.05) is 13.1 Å². The summed E-state index contributed by atoms with van der Waals surface area (Å²) in [5.41, 5.74) is 3.68. The maximum Gasteiger partial charge on any atom is 0.142 e. The SMILES string of the molecule is COc1cn2ncc(C#N)c(C(C)C)c2c1C. The molecule has 2 aromatic rings. The van der Waals surface area contributed by atoms with Crippen molar-refractivity contribution in [3.8, 4) is 11.8 Å². The molecule has 2 aromatic heterocycles. The van der Waals surface area contributed by atoms with Crippen molar-refractivity contribution in [2.45, 2.75) is 26.7 Å². The number of rotatable bonds is 2. The van der Waals surface area contributed by atoms with E-state index >= 15 is 0 Å². The summed E-state index contributed by atoms with van der Waals surface area (Å²) in [5, 5.41) is 13.4.